The molecule has 4 bridgehead atoms. The molecule has 0 aromatic heterocycles. The summed E-state index contributed by atoms with van der Waals surface area (Å²) in [6.07, 6.45) is 3.70. The minimum Gasteiger partial charge on any atom is -0.352 e. The van der Waals surface area contributed by atoms with Crippen molar-refractivity contribution in [2.45, 2.75) is 50.2 Å². The average Bonchev–Trinajstić information content (AvgIpc) is 2.87. The standard InChI is InChI=1S/C17H20Cl2N2O/c1-9(22)20-15-8-21-11-3-5-16(21)17(15)12(7-11)10-2-4-13(18)14(19)6-10/h2,4,6,11-12,15-17H,3,5,7-8H2,1H3,(H,20,22)/t11-,12+,15?,16+,17-/m0/s1. The topological polar surface area (TPSA) is 32.3 Å². The molecule has 6 atom stereocenters. The lowest BCUT2D eigenvalue weighted by atomic mass is 9.76. The number of rotatable bonds is 2. The number of carbonyl (C=O) groups excluding carboxylic acids is 1. The van der Waals surface area contributed by atoms with Crippen molar-refractivity contribution in [2.75, 3.05) is 6.54 Å². The molecule has 3 aliphatic rings. The minimum atomic E-state index is 0.0718. The summed E-state index contributed by atoms with van der Waals surface area (Å²) in [6, 6.07) is 7.54. The molecule has 1 amide bonds. The number of hydrogen-bond acceptors (Lipinski definition) is 2. The second kappa shape index (κ2) is 5.40. The first-order chi connectivity index (χ1) is 10.5. The number of halogens is 2. The van der Waals surface area contributed by atoms with Crippen LogP contribution in [0.25, 0.3) is 0 Å². The van der Waals surface area contributed by atoms with Crippen LogP contribution in [0.5, 0.6) is 0 Å². The Bertz CT molecular complexity index is 621. The van der Waals surface area contributed by atoms with Gasteiger partial charge in [-0.2, -0.15) is 0 Å². The van der Waals surface area contributed by atoms with Gasteiger partial charge in [0.25, 0.3) is 0 Å². The van der Waals surface area contributed by atoms with Gasteiger partial charge in [-0.05, 0) is 42.9 Å². The Hall–Kier alpha value is -0.770. The number of nitrogens with zero attached hydrogens (tertiary/aromatic N) is 1. The predicted molar refractivity (Wildman–Crippen MR) is 88.4 cm³/mol. The molecular weight excluding hydrogens is 319 g/mol. The van der Waals surface area contributed by atoms with Gasteiger partial charge in [0.1, 0.15) is 0 Å². The SMILES string of the molecule is CC(=O)NC1CN2[C@H]3CC[C@@H]2[C@H]1[C@@H](c1ccc(Cl)c(Cl)c1)C3. The quantitative estimate of drug-likeness (QED) is 0.895. The summed E-state index contributed by atoms with van der Waals surface area (Å²) in [4.78, 5) is 14.2. The van der Waals surface area contributed by atoms with Crippen LogP contribution in [0.3, 0.4) is 0 Å². The second-order valence-corrected chi connectivity index (χ2v) is 7.71. The Morgan fingerprint density at radius 3 is 2.82 bits per heavy atom. The molecular formula is C17H20Cl2N2O. The molecule has 4 rings (SSSR count). The monoisotopic (exact) mass is 338 g/mol. The third kappa shape index (κ3) is 2.26. The highest BCUT2D eigenvalue weighted by atomic mass is 35.5. The van der Waals surface area contributed by atoms with Gasteiger partial charge >= 0.3 is 0 Å². The summed E-state index contributed by atoms with van der Waals surface area (Å²) in [5, 5.41) is 4.42. The molecule has 5 heteroatoms. The smallest absolute Gasteiger partial charge is 0.217 e. The van der Waals surface area contributed by atoms with Crippen LogP contribution in [-0.4, -0.2) is 35.5 Å². The highest BCUT2D eigenvalue weighted by Crippen LogP contribution is 2.52. The van der Waals surface area contributed by atoms with E-state index in [2.05, 4.69) is 16.3 Å². The van der Waals surface area contributed by atoms with E-state index < -0.39 is 0 Å². The Kier molecular flexibility index (Phi) is 3.63. The van der Waals surface area contributed by atoms with Crippen molar-refractivity contribution in [3.63, 3.8) is 0 Å². The third-order valence-electron chi connectivity index (χ3n) is 5.76. The van der Waals surface area contributed by atoms with Gasteiger partial charge < -0.3 is 5.32 Å². The molecule has 3 fully saturated rings. The highest BCUT2D eigenvalue weighted by molar-refractivity contribution is 6.42. The third-order valence-corrected chi connectivity index (χ3v) is 6.50. The Morgan fingerprint density at radius 2 is 2.09 bits per heavy atom. The van der Waals surface area contributed by atoms with Crippen LogP contribution in [0.2, 0.25) is 10.0 Å². The van der Waals surface area contributed by atoms with Crippen LogP contribution in [0.4, 0.5) is 0 Å². The minimum absolute atomic E-state index is 0.0718. The maximum atomic E-state index is 11.6. The molecule has 1 aromatic rings. The summed E-state index contributed by atoms with van der Waals surface area (Å²) < 4.78 is 0. The molecule has 3 nitrogen and oxygen atoms in total. The van der Waals surface area contributed by atoms with Crippen molar-refractivity contribution in [3.05, 3.63) is 33.8 Å². The molecule has 0 spiro atoms. The molecule has 3 aliphatic heterocycles. The zero-order valence-electron chi connectivity index (χ0n) is 12.6. The normalized spacial score (nSPS) is 39.0. The van der Waals surface area contributed by atoms with E-state index in [0.29, 0.717) is 34.0 Å². The summed E-state index contributed by atoms with van der Waals surface area (Å²) in [6.45, 7) is 2.61. The van der Waals surface area contributed by atoms with E-state index >= 15 is 0 Å². The van der Waals surface area contributed by atoms with Crippen molar-refractivity contribution in [2.24, 2.45) is 5.92 Å². The van der Waals surface area contributed by atoms with E-state index in [1.165, 1.54) is 18.4 Å². The zero-order valence-corrected chi connectivity index (χ0v) is 14.1. The Balaban J connectivity index is 1.69. The number of carbonyl (C=O) groups is 1. The van der Waals surface area contributed by atoms with Crippen LogP contribution in [0.15, 0.2) is 18.2 Å². The summed E-state index contributed by atoms with van der Waals surface area (Å²) in [7, 11) is 0. The van der Waals surface area contributed by atoms with E-state index in [9.17, 15) is 4.79 Å². The fraction of sp³-hybridized carbons (Fsp3) is 0.588. The molecule has 3 saturated heterocycles. The molecule has 118 valence electrons. The lowest BCUT2D eigenvalue weighted by molar-refractivity contribution is -0.119. The summed E-state index contributed by atoms with van der Waals surface area (Å²) in [5.74, 6) is 1.02. The molecule has 1 N–H and O–H groups in total. The zero-order chi connectivity index (χ0) is 15.4. The van der Waals surface area contributed by atoms with E-state index in [-0.39, 0.29) is 11.9 Å². The van der Waals surface area contributed by atoms with Crippen LogP contribution < -0.4 is 5.32 Å². The molecule has 0 saturated carbocycles. The largest absolute Gasteiger partial charge is 0.352 e. The molecule has 22 heavy (non-hydrogen) atoms. The van der Waals surface area contributed by atoms with Crippen LogP contribution in [0.1, 0.15) is 37.7 Å². The van der Waals surface area contributed by atoms with Crippen molar-refractivity contribution >= 4 is 29.1 Å². The van der Waals surface area contributed by atoms with Crippen molar-refractivity contribution in [1.82, 2.24) is 10.2 Å². The van der Waals surface area contributed by atoms with E-state index in [0.717, 1.165) is 13.0 Å². The molecule has 1 aromatic carbocycles. The summed E-state index contributed by atoms with van der Waals surface area (Å²) >= 11 is 12.3. The van der Waals surface area contributed by atoms with Crippen molar-refractivity contribution < 1.29 is 4.79 Å². The van der Waals surface area contributed by atoms with Gasteiger partial charge in [-0.25, -0.2) is 0 Å². The molecule has 2 unspecified atom stereocenters. The fourth-order valence-corrected chi connectivity index (χ4v) is 5.34. The molecule has 0 aliphatic carbocycles. The first kappa shape index (κ1) is 14.8. The number of hydrogen-bond donors (Lipinski definition) is 1. The number of nitrogens with one attached hydrogen (secondary N) is 1. The van der Waals surface area contributed by atoms with Gasteiger partial charge in [-0.1, -0.05) is 29.3 Å². The van der Waals surface area contributed by atoms with Crippen LogP contribution >= 0.6 is 23.2 Å². The Morgan fingerprint density at radius 1 is 1.27 bits per heavy atom. The lowest BCUT2D eigenvalue weighted by Crippen LogP contribution is -2.43. The van der Waals surface area contributed by atoms with Gasteiger partial charge in [0.2, 0.25) is 5.91 Å². The Labute approximate surface area is 141 Å². The maximum Gasteiger partial charge on any atom is 0.217 e. The molecule has 3 heterocycles. The second-order valence-electron chi connectivity index (χ2n) is 6.90. The van der Waals surface area contributed by atoms with Crippen molar-refractivity contribution in [1.29, 1.82) is 0 Å². The van der Waals surface area contributed by atoms with E-state index in [1.54, 1.807) is 6.92 Å². The number of piperidine rings is 1. The van der Waals surface area contributed by atoms with Gasteiger partial charge in [-0.3, -0.25) is 9.69 Å². The van der Waals surface area contributed by atoms with Crippen LogP contribution in [-0.2, 0) is 4.79 Å². The lowest BCUT2D eigenvalue weighted by Gasteiger charge is -2.38. The predicted octanol–water partition coefficient (Wildman–Crippen LogP) is 3.45. The average molecular weight is 339 g/mol. The van der Waals surface area contributed by atoms with E-state index in [1.807, 2.05) is 12.1 Å². The molecule has 0 radical (unpaired) electrons. The van der Waals surface area contributed by atoms with Crippen LogP contribution in [0, 0.1) is 5.92 Å². The number of amides is 1. The first-order valence-corrected chi connectivity index (χ1v) is 8.78. The number of benzene rings is 1. The van der Waals surface area contributed by atoms with Gasteiger partial charge in [0.05, 0.1) is 10.0 Å². The van der Waals surface area contributed by atoms with Crippen molar-refractivity contribution in [3.8, 4) is 0 Å². The highest BCUT2D eigenvalue weighted by Gasteiger charge is 2.55. The maximum absolute atomic E-state index is 11.6. The van der Waals surface area contributed by atoms with Gasteiger partial charge in [0.15, 0.2) is 0 Å². The van der Waals surface area contributed by atoms with Gasteiger partial charge in [0, 0.05) is 37.5 Å². The first-order valence-electron chi connectivity index (χ1n) is 8.02. The summed E-state index contributed by atoms with van der Waals surface area (Å²) in [5.41, 5.74) is 1.27. The van der Waals surface area contributed by atoms with Gasteiger partial charge in [-0.15, -0.1) is 0 Å². The van der Waals surface area contributed by atoms with E-state index in [4.69, 9.17) is 23.2 Å². The fourth-order valence-electron chi connectivity index (χ4n) is 5.04.